The largest absolute Gasteiger partial charge is 0.490 e. The lowest BCUT2D eigenvalue weighted by atomic mass is 10.0. The number of benzene rings is 1. The summed E-state index contributed by atoms with van der Waals surface area (Å²) in [5, 5.41) is 11.0. The van der Waals surface area contributed by atoms with Gasteiger partial charge in [-0.3, -0.25) is 0 Å². The van der Waals surface area contributed by atoms with Crippen LogP contribution in [0.5, 0.6) is 11.5 Å². The van der Waals surface area contributed by atoms with Crippen LogP contribution in [0.4, 0.5) is 0 Å². The highest BCUT2D eigenvalue weighted by Gasteiger charge is 2.64. The summed E-state index contributed by atoms with van der Waals surface area (Å²) in [7, 11) is 0. The Morgan fingerprint density at radius 2 is 1.65 bits per heavy atom. The van der Waals surface area contributed by atoms with Crippen molar-refractivity contribution in [2.24, 2.45) is 11.8 Å². The Hall–Kier alpha value is -1.22. The van der Waals surface area contributed by atoms with Crippen molar-refractivity contribution < 1.29 is 14.6 Å². The van der Waals surface area contributed by atoms with E-state index in [1.807, 2.05) is 32.0 Å². The molecule has 0 bridgehead atoms. The minimum Gasteiger partial charge on any atom is -0.490 e. The molecule has 0 amide bonds. The first-order valence-corrected chi connectivity index (χ1v) is 7.84. The Balaban J connectivity index is 1.89. The van der Waals surface area contributed by atoms with Crippen molar-refractivity contribution in [3.05, 3.63) is 23.8 Å². The molecule has 3 heteroatoms. The van der Waals surface area contributed by atoms with Gasteiger partial charge in [0.05, 0.1) is 18.8 Å². The summed E-state index contributed by atoms with van der Waals surface area (Å²) in [4.78, 5) is 0. The summed E-state index contributed by atoms with van der Waals surface area (Å²) < 4.78 is 11.3. The highest BCUT2D eigenvalue weighted by atomic mass is 16.5. The van der Waals surface area contributed by atoms with E-state index in [9.17, 15) is 5.11 Å². The number of aliphatic hydroxyl groups is 1. The van der Waals surface area contributed by atoms with Crippen LogP contribution in [0, 0.1) is 11.8 Å². The fourth-order valence-corrected chi connectivity index (χ4v) is 3.82. The standard InChI is InChI=1S/C17H24O3/c1-3-19-15-10-9-12(11-16(15)20-4-2)17(18)13-7-5-6-8-14(13)17/h9-11,13-14,18H,3-8H2,1-2H3. The molecule has 0 aliphatic heterocycles. The molecule has 0 saturated heterocycles. The highest BCUT2D eigenvalue weighted by Crippen LogP contribution is 2.64. The number of rotatable bonds is 5. The van der Waals surface area contributed by atoms with Crippen LogP contribution in [0.25, 0.3) is 0 Å². The molecule has 3 rings (SSSR count). The zero-order chi connectivity index (χ0) is 14.2. The quantitative estimate of drug-likeness (QED) is 0.894. The summed E-state index contributed by atoms with van der Waals surface area (Å²) in [5.74, 6) is 2.42. The van der Waals surface area contributed by atoms with Gasteiger partial charge in [-0.1, -0.05) is 18.9 Å². The van der Waals surface area contributed by atoms with E-state index >= 15 is 0 Å². The first-order valence-electron chi connectivity index (χ1n) is 7.84. The summed E-state index contributed by atoms with van der Waals surface area (Å²) in [6.07, 6.45) is 4.80. The highest BCUT2D eigenvalue weighted by molar-refractivity contribution is 5.47. The van der Waals surface area contributed by atoms with Gasteiger partial charge < -0.3 is 14.6 Å². The normalized spacial score (nSPS) is 31.6. The van der Waals surface area contributed by atoms with Crippen molar-refractivity contribution in [1.29, 1.82) is 0 Å². The van der Waals surface area contributed by atoms with Crippen LogP contribution in [-0.2, 0) is 5.60 Å². The predicted molar refractivity (Wildman–Crippen MR) is 78.1 cm³/mol. The average molecular weight is 276 g/mol. The van der Waals surface area contributed by atoms with Gasteiger partial charge >= 0.3 is 0 Å². The third-order valence-corrected chi connectivity index (χ3v) is 4.79. The molecule has 0 aromatic heterocycles. The molecule has 1 aromatic rings. The molecule has 110 valence electrons. The molecule has 2 atom stereocenters. The van der Waals surface area contributed by atoms with Crippen molar-refractivity contribution in [3.8, 4) is 11.5 Å². The van der Waals surface area contributed by atoms with Crippen LogP contribution in [0.15, 0.2) is 18.2 Å². The fourth-order valence-electron chi connectivity index (χ4n) is 3.82. The van der Waals surface area contributed by atoms with Crippen molar-refractivity contribution in [1.82, 2.24) is 0 Å². The molecule has 20 heavy (non-hydrogen) atoms. The predicted octanol–water partition coefficient (Wildman–Crippen LogP) is 3.49. The second-order valence-electron chi connectivity index (χ2n) is 5.85. The van der Waals surface area contributed by atoms with E-state index in [-0.39, 0.29) is 0 Å². The van der Waals surface area contributed by atoms with Gasteiger partial charge in [0.1, 0.15) is 0 Å². The second-order valence-corrected chi connectivity index (χ2v) is 5.85. The van der Waals surface area contributed by atoms with Gasteiger partial charge in [0, 0.05) is 0 Å². The molecular formula is C17H24O3. The Bertz CT molecular complexity index is 471. The molecule has 0 heterocycles. The Morgan fingerprint density at radius 3 is 2.25 bits per heavy atom. The molecule has 2 unspecified atom stereocenters. The van der Waals surface area contributed by atoms with E-state index in [1.165, 1.54) is 12.8 Å². The van der Waals surface area contributed by atoms with Gasteiger partial charge in [0.25, 0.3) is 0 Å². The molecule has 2 saturated carbocycles. The fraction of sp³-hybridized carbons (Fsp3) is 0.647. The molecule has 2 aliphatic carbocycles. The Labute approximate surface area is 120 Å². The maximum absolute atomic E-state index is 11.0. The number of hydrogen-bond donors (Lipinski definition) is 1. The minimum absolute atomic E-state index is 0.448. The SMILES string of the molecule is CCOc1ccc(C2(O)C3CCCCC32)cc1OCC. The van der Waals surface area contributed by atoms with E-state index in [4.69, 9.17) is 9.47 Å². The average Bonchev–Trinajstić information content (AvgIpc) is 3.09. The first-order chi connectivity index (χ1) is 9.71. The van der Waals surface area contributed by atoms with Crippen LogP contribution in [0.2, 0.25) is 0 Å². The molecule has 1 N–H and O–H groups in total. The first kappa shape index (κ1) is 13.7. The molecule has 3 nitrogen and oxygen atoms in total. The Morgan fingerprint density at radius 1 is 1.05 bits per heavy atom. The van der Waals surface area contributed by atoms with Crippen molar-refractivity contribution in [2.45, 2.75) is 45.1 Å². The summed E-state index contributed by atoms with van der Waals surface area (Å²) >= 11 is 0. The van der Waals surface area contributed by atoms with Gasteiger partial charge in [-0.15, -0.1) is 0 Å². The van der Waals surface area contributed by atoms with Crippen molar-refractivity contribution in [3.63, 3.8) is 0 Å². The maximum atomic E-state index is 11.0. The van der Waals surface area contributed by atoms with Gasteiger partial charge in [0.2, 0.25) is 0 Å². The van der Waals surface area contributed by atoms with E-state index < -0.39 is 5.60 Å². The minimum atomic E-state index is -0.618. The molecule has 0 radical (unpaired) electrons. The smallest absolute Gasteiger partial charge is 0.161 e. The van der Waals surface area contributed by atoms with E-state index in [2.05, 4.69) is 0 Å². The van der Waals surface area contributed by atoms with Crippen LogP contribution in [0.1, 0.15) is 45.1 Å². The maximum Gasteiger partial charge on any atom is 0.161 e. The van der Waals surface area contributed by atoms with Crippen molar-refractivity contribution in [2.75, 3.05) is 13.2 Å². The van der Waals surface area contributed by atoms with Gasteiger partial charge in [0.15, 0.2) is 11.5 Å². The van der Waals surface area contributed by atoms with E-state index in [1.54, 1.807) is 0 Å². The topological polar surface area (TPSA) is 38.7 Å². The van der Waals surface area contributed by atoms with Crippen molar-refractivity contribution >= 4 is 0 Å². The van der Waals surface area contributed by atoms with Gasteiger partial charge in [-0.05, 0) is 56.2 Å². The van der Waals surface area contributed by atoms with E-state index in [0.717, 1.165) is 29.9 Å². The van der Waals surface area contributed by atoms with Crippen LogP contribution in [0.3, 0.4) is 0 Å². The van der Waals surface area contributed by atoms with Crippen LogP contribution < -0.4 is 9.47 Å². The van der Waals surface area contributed by atoms with Gasteiger partial charge in [-0.2, -0.15) is 0 Å². The molecule has 1 aromatic carbocycles. The number of fused-ring (bicyclic) bond motifs is 1. The van der Waals surface area contributed by atoms with Crippen LogP contribution >= 0.6 is 0 Å². The number of ether oxygens (including phenoxy) is 2. The van der Waals surface area contributed by atoms with Gasteiger partial charge in [-0.25, -0.2) is 0 Å². The third kappa shape index (κ3) is 2.08. The molecule has 2 aliphatic rings. The summed E-state index contributed by atoms with van der Waals surface area (Å²) in [6, 6.07) is 5.92. The zero-order valence-corrected chi connectivity index (χ0v) is 12.4. The summed E-state index contributed by atoms with van der Waals surface area (Å²) in [5.41, 5.74) is 0.383. The molecular weight excluding hydrogens is 252 g/mol. The second kappa shape index (κ2) is 5.28. The monoisotopic (exact) mass is 276 g/mol. The molecule has 2 fully saturated rings. The lowest BCUT2D eigenvalue weighted by Crippen LogP contribution is -2.11. The molecule has 0 spiro atoms. The zero-order valence-electron chi connectivity index (χ0n) is 12.4. The Kier molecular flexibility index (Phi) is 3.63. The number of hydrogen-bond acceptors (Lipinski definition) is 3. The van der Waals surface area contributed by atoms with E-state index in [0.29, 0.717) is 25.0 Å². The third-order valence-electron chi connectivity index (χ3n) is 4.79. The lowest BCUT2D eigenvalue weighted by Gasteiger charge is -2.16. The lowest BCUT2D eigenvalue weighted by molar-refractivity contribution is 0.117. The summed E-state index contributed by atoms with van der Waals surface area (Å²) in [6.45, 7) is 5.16. The van der Waals surface area contributed by atoms with Crippen LogP contribution in [-0.4, -0.2) is 18.3 Å².